The highest BCUT2D eigenvalue weighted by molar-refractivity contribution is 6.33. The van der Waals surface area contributed by atoms with Crippen LogP contribution < -0.4 is 5.32 Å². The average molecular weight is 341 g/mol. The summed E-state index contributed by atoms with van der Waals surface area (Å²) in [6.45, 7) is 5.20. The number of hydrogen-bond acceptors (Lipinski definition) is 5. The molecular formula is C16H21ClN2O4. The first-order valence-electron chi connectivity index (χ1n) is 7.45. The van der Waals surface area contributed by atoms with E-state index in [9.17, 15) is 9.59 Å². The largest absolute Gasteiger partial charge is 0.465 e. The highest BCUT2D eigenvalue weighted by atomic mass is 35.5. The molecule has 0 unspecified atom stereocenters. The third-order valence-corrected chi connectivity index (χ3v) is 3.92. The van der Waals surface area contributed by atoms with E-state index in [1.165, 1.54) is 7.11 Å². The maximum Gasteiger partial charge on any atom is 0.339 e. The minimum absolute atomic E-state index is 0.0124. The van der Waals surface area contributed by atoms with Gasteiger partial charge >= 0.3 is 5.97 Å². The van der Waals surface area contributed by atoms with Crippen molar-refractivity contribution in [2.24, 2.45) is 0 Å². The Kier molecular flexibility index (Phi) is 5.85. The van der Waals surface area contributed by atoms with Crippen LogP contribution in [0.15, 0.2) is 18.2 Å². The van der Waals surface area contributed by atoms with Gasteiger partial charge in [0.05, 0.1) is 36.4 Å². The zero-order valence-electron chi connectivity index (χ0n) is 13.5. The van der Waals surface area contributed by atoms with E-state index in [1.807, 2.05) is 13.8 Å². The Balaban J connectivity index is 1.98. The highest BCUT2D eigenvalue weighted by Crippen LogP contribution is 2.21. The van der Waals surface area contributed by atoms with Crippen molar-refractivity contribution in [3.8, 4) is 0 Å². The lowest BCUT2D eigenvalue weighted by atomic mass is 10.2. The molecule has 1 amide bonds. The van der Waals surface area contributed by atoms with Crippen LogP contribution in [0, 0.1) is 0 Å². The molecule has 1 fully saturated rings. The molecule has 1 saturated heterocycles. The Labute approximate surface area is 140 Å². The first kappa shape index (κ1) is 17.6. The van der Waals surface area contributed by atoms with E-state index in [2.05, 4.69) is 10.1 Å². The summed E-state index contributed by atoms with van der Waals surface area (Å²) >= 11 is 5.97. The molecule has 1 aliphatic rings. The Morgan fingerprint density at radius 3 is 2.61 bits per heavy atom. The molecule has 1 N–H and O–H groups in total. The molecule has 2 atom stereocenters. The van der Waals surface area contributed by atoms with Crippen molar-refractivity contribution >= 4 is 29.2 Å². The molecule has 2 rings (SSSR count). The van der Waals surface area contributed by atoms with Crippen LogP contribution in [-0.2, 0) is 14.3 Å². The Morgan fingerprint density at radius 2 is 2.00 bits per heavy atom. The fourth-order valence-corrected chi connectivity index (χ4v) is 2.77. The second kappa shape index (κ2) is 7.66. The molecule has 1 aliphatic heterocycles. The summed E-state index contributed by atoms with van der Waals surface area (Å²) in [6.07, 6.45) is 0.0633. The Morgan fingerprint density at radius 1 is 1.35 bits per heavy atom. The van der Waals surface area contributed by atoms with E-state index >= 15 is 0 Å². The smallest absolute Gasteiger partial charge is 0.339 e. The van der Waals surface area contributed by atoms with E-state index in [1.54, 1.807) is 23.1 Å². The summed E-state index contributed by atoms with van der Waals surface area (Å²) in [5, 5.41) is 3.33. The quantitative estimate of drug-likeness (QED) is 0.851. The van der Waals surface area contributed by atoms with Crippen molar-refractivity contribution in [2.45, 2.75) is 26.1 Å². The van der Waals surface area contributed by atoms with Crippen molar-refractivity contribution < 1.29 is 19.1 Å². The minimum Gasteiger partial charge on any atom is -0.465 e. The number of carbonyl (C=O) groups excluding carboxylic acids is 2. The lowest BCUT2D eigenvalue weighted by molar-refractivity contribution is -0.141. The van der Waals surface area contributed by atoms with Gasteiger partial charge in [0.2, 0.25) is 5.91 Å². The van der Waals surface area contributed by atoms with Crippen LogP contribution in [-0.4, -0.2) is 55.7 Å². The zero-order valence-corrected chi connectivity index (χ0v) is 14.2. The number of ether oxygens (including phenoxy) is 2. The van der Waals surface area contributed by atoms with Gasteiger partial charge in [-0.15, -0.1) is 0 Å². The van der Waals surface area contributed by atoms with Gasteiger partial charge in [0.15, 0.2) is 0 Å². The molecule has 1 aromatic carbocycles. The molecule has 0 saturated carbocycles. The van der Waals surface area contributed by atoms with Gasteiger partial charge < -0.3 is 19.7 Å². The minimum atomic E-state index is -0.513. The van der Waals surface area contributed by atoms with E-state index < -0.39 is 5.97 Å². The molecule has 23 heavy (non-hydrogen) atoms. The monoisotopic (exact) mass is 340 g/mol. The normalized spacial score (nSPS) is 21.0. The summed E-state index contributed by atoms with van der Waals surface area (Å²) in [6, 6.07) is 4.89. The summed E-state index contributed by atoms with van der Waals surface area (Å²) in [4.78, 5) is 25.7. The summed E-state index contributed by atoms with van der Waals surface area (Å²) in [5.41, 5.74) is 0.901. The molecule has 0 bridgehead atoms. The summed E-state index contributed by atoms with van der Waals surface area (Å²) in [7, 11) is 1.29. The molecule has 6 nitrogen and oxygen atoms in total. The van der Waals surface area contributed by atoms with Gasteiger partial charge in [-0.2, -0.15) is 0 Å². The number of benzene rings is 1. The number of amides is 1. The lowest BCUT2D eigenvalue weighted by Gasteiger charge is -2.35. The van der Waals surface area contributed by atoms with Crippen LogP contribution in [0.2, 0.25) is 5.02 Å². The molecular weight excluding hydrogens is 320 g/mol. The Hall–Kier alpha value is -1.79. The number of hydrogen-bond donors (Lipinski definition) is 1. The van der Waals surface area contributed by atoms with E-state index in [0.717, 1.165) is 0 Å². The molecule has 0 aliphatic carbocycles. The molecule has 0 aromatic heterocycles. The number of methoxy groups -OCH3 is 1. The van der Waals surface area contributed by atoms with Crippen molar-refractivity contribution in [3.63, 3.8) is 0 Å². The van der Waals surface area contributed by atoms with Gasteiger partial charge in [-0.05, 0) is 32.0 Å². The average Bonchev–Trinajstić information content (AvgIpc) is 2.52. The van der Waals surface area contributed by atoms with E-state index in [-0.39, 0.29) is 30.2 Å². The van der Waals surface area contributed by atoms with Crippen molar-refractivity contribution in [2.75, 3.05) is 32.1 Å². The van der Waals surface area contributed by atoms with Gasteiger partial charge in [0.1, 0.15) is 0 Å². The van der Waals surface area contributed by atoms with Crippen LogP contribution in [0.3, 0.4) is 0 Å². The number of rotatable bonds is 4. The van der Waals surface area contributed by atoms with Crippen molar-refractivity contribution in [3.05, 3.63) is 28.8 Å². The van der Waals surface area contributed by atoms with E-state index in [4.69, 9.17) is 16.3 Å². The number of anilines is 1. The summed E-state index contributed by atoms with van der Waals surface area (Å²) in [5.74, 6) is -0.526. The molecule has 0 spiro atoms. The maximum atomic E-state index is 12.3. The third-order valence-electron chi connectivity index (χ3n) is 3.59. The number of carbonyl (C=O) groups is 2. The van der Waals surface area contributed by atoms with Gasteiger partial charge in [0, 0.05) is 18.8 Å². The van der Waals surface area contributed by atoms with Crippen molar-refractivity contribution in [1.82, 2.24) is 4.90 Å². The zero-order chi connectivity index (χ0) is 17.0. The third kappa shape index (κ3) is 4.59. The Bertz CT molecular complexity index is 583. The fraction of sp³-hybridized carbons (Fsp3) is 0.500. The van der Waals surface area contributed by atoms with Crippen LogP contribution in [0.5, 0.6) is 0 Å². The number of nitrogens with one attached hydrogen (secondary N) is 1. The number of nitrogens with zero attached hydrogens (tertiary/aromatic N) is 1. The SMILES string of the molecule is COC(=O)c1cc(NCC(=O)N2C[C@@H](C)O[C@H](C)C2)ccc1Cl. The molecule has 7 heteroatoms. The highest BCUT2D eigenvalue weighted by Gasteiger charge is 2.25. The second-order valence-electron chi connectivity index (χ2n) is 5.60. The van der Waals surface area contributed by atoms with Crippen LogP contribution in [0.1, 0.15) is 24.2 Å². The summed E-state index contributed by atoms with van der Waals surface area (Å²) < 4.78 is 10.3. The second-order valence-corrected chi connectivity index (χ2v) is 6.00. The van der Waals surface area contributed by atoms with Crippen molar-refractivity contribution in [1.29, 1.82) is 0 Å². The predicted molar refractivity (Wildman–Crippen MR) is 87.9 cm³/mol. The first-order valence-corrected chi connectivity index (χ1v) is 7.83. The van der Waals surface area contributed by atoms with Crippen LogP contribution >= 0.6 is 11.6 Å². The standard InChI is InChI=1S/C16H21ClN2O4/c1-10-8-19(9-11(2)23-10)15(20)7-18-12-4-5-14(17)13(6-12)16(21)22-3/h4-6,10-11,18H,7-9H2,1-3H3/t10-,11-/m1/s1. The van der Waals surface area contributed by atoms with Crippen LogP contribution in [0.25, 0.3) is 0 Å². The van der Waals surface area contributed by atoms with Gasteiger partial charge in [-0.25, -0.2) is 4.79 Å². The van der Waals surface area contributed by atoms with E-state index in [0.29, 0.717) is 23.8 Å². The van der Waals surface area contributed by atoms with Gasteiger partial charge in [-0.3, -0.25) is 4.79 Å². The molecule has 126 valence electrons. The predicted octanol–water partition coefficient (Wildman–Crippen LogP) is 2.17. The van der Waals surface area contributed by atoms with Crippen LogP contribution in [0.4, 0.5) is 5.69 Å². The number of morpholine rings is 1. The molecule has 0 radical (unpaired) electrons. The first-order chi connectivity index (χ1) is 10.9. The van der Waals surface area contributed by atoms with Gasteiger partial charge in [-0.1, -0.05) is 11.6 Å². The number of esters is 1. The fourth-order valence-electron chi connectivity index (χ4n) is 2.57. The topological polar surface area (TPSA) is 67.9 Å². The molecule has 1 heterocycles. The molecule has 1 aromatic rings. The number of halogens is 1. The lowest BCUT2D eigenvalue weighted by Crippen LogP contribution is -2.49. The maximum absolute atomic E-state index is 12.3. The van der Waals surface area contributed by atoms with Gasteiger partial charge in [0.25, 0.3) is 0 Å².